The standard InChI is InChI=1S/C20H22BrCl2NO/c21-16-7-9-20(25-13-14-6-8-17(22)11-19(14)23)15(10-16)12-24-18-4-2-1-3-5-18/h6-11,18,24H,1-5,12-13H2. The highest BCUT2D eigenvalue weighted by molar-refractivity contribution is 9.10. The first-order valence-electron chi connectivity index (χ1n) is 8.70. The van der Waals surface area contributed by atoms with E-state index < -0.39 is 0 Å². The SMILES string of the molecule is Clc1ccc(COc2ccc(Br)cc2CNC2CCCCC2)c(Cl)c1. The molecule has 0 radical (unpaired) electrons. The lowest BCUT2D eigenvalue weighted by Crippen LogP contribution is -2.30. The first kappa shape index (κ1) is 19.0. The molecular formula is C20H22BrCl2NO. The van der Waals surface area contributed by atoms with E-state index in [1.54, 1.807) is 6.07 Å². The van der Waals surface area contributed by atoms with Crippen LogP contribution in [0, 0.1) is 0 Å². The Morgan fingerprint density at radius 1 is 1.00 bits per heavy atom. The topological polar surface area (TPSA) is 21.3 Å². The minimum absolute atomic E-state index is 0.425. The summed E-state index contributed by atoms with van der Waals surface area (Å²) < 4.78 is 7.11. The van der Waals surface area contributed by atoms with Crippen molar-refractivity contribution in [3.8, 4) is 5.75 Å². The summed E-state index contributed by atoms with van der Waals surface area (Å²) in [4.78, 5) is 0. The molecule has 25 heavy (non-hydrogen) atoms. The number of hydrogen-bond donors (Lipinski definition) is 1. The second-order valence-electron chi connectivity index (χ2n) is 6.49. The van der Waals surface area contributed by atoms with Crippen molar-refractivity contribution in [1.82, 2.24) is 5.32 Å². The lowest BCUT2D eigenvalue weighted by atomic mass is 9.95. The molecule has 1 saturated carbocycles. The molecule has 1 fully saturated rings. The lowest BCUT2D eigenvalue weighted by molar-refractivity contribution is 0.300. The molecule has 134 valence electrons. The minimum atomic E-state index is 0.425. The van der Waals surface area contributed by atoms with E-state index in [4.69, 9.17) is 27.9 Å². The van der Waals surface area contributed by atoms with Crippen LogP contribution in [0.5, 0.6) is 5.75 Å². The molecule has 0 heterocycles. The average Bonchev–Trinajstić information content (AvgIpc) is 2.61. The number of benzene rings is 2. The maximum absolute atomic E-state index is 6.24. The second-order valence-corrected chi connectivity index (χ2v) is 8.25. The van der Waals surface area contributed by atoms with Crippen molar-refractivity contribution in [1.29, 1.82) is 0 Å². The van der Waals surface area contributed by atoms with Crippen LogP contribution in [0.2, 0.25) is 10.0 Å². The van der Waals surface area contributed by atoms with Gasteiger partial charge in [-0.15, -0.1) is 0 Å². The molecule has 0 atom stereocenters. The van der Waals surface area contributed by atoms with Gasteiger partial charge in [-0.1, -0.05) is 64.5 Å². The molecule has 0 spiro atoms. The Balaban J connectivity index is 1.65. The maximum atomic E-state index is 6.24. The number of halogens is 3. The van der Waals surface area contributed by atoms with Crippen molar-refractivity contribution in [2.75, 3.05) is 0 Å². The molecule has 0 saturated heterocycles. The van der Waals surface area contributed by atoms with Gasteiger partial charge in [-0.2, -0.15) is 0 Å². The molecule has 2 nitrogen and oxygen atoms in total. The molecule has 1 N–H and O–H groups in total. The van der Waals surface area contributed by atoms with E-state index in [1.807, 2.05) is 24.3 Å². The summed E-state index contributed by atoms with van der Waals surface area (Å²) in [5, 5.41) is 4.94. The van der Waals surface area contributed by atoms with E-state index in [9.17, 15) is 0 Å². The largest absolute Gasteiger partial charge is 0.489 e. The fourth-order valence-electron chi connectivity index (χ4n) is 3.18. The van der Waals surface area contributed by atoms with Crippen molar-refractivity contribution in [2.24, 2.45) is 0 Å². The van der Waals surface area contributed by atoms with Gasteiger partial charge in [0.1, 0.15) is 12.4 Å². The Morgan fingerprint density at radius 3 is 2.56 bits per heavy atom. The van der Waals surface area contributed by atoms with Crippen LogP contribution in [-0.4, -0.2) is 6.04 Å². The van der Waals surface area contributed by atoms with E-state index in [-0.39, 0.29) is 0 Å². The van der Waals surface area contributed by atoms with E-state index >= 15 is 0 Å². The van der Waals surface area contributed by atoms with E-state index in [0.717, 1.165) is 27.9 Å². The number of hydrogen-bond acceptors (Lipinski definition) is 2. The molecule has 3 rings (SSSR count). The van der Waals surface area contributed by atoms with Crippen LogP contribution in [0.15, 0.2) is 40.9 Å². The lowest BCUT2D eigenvalue weighted by Gasteiger charge is -2.23. The molecule has 0 aliphatic heterocycles. The summed E-state index contributed by atoms with van der Waals surface area (Å²) in [6.07, 6.45) is 6.56. The van der Waals surface area contributed by atoms with Gasteiger partial charge in [-0.3, -0.25) is 0 Å². The van der Waals surface area contributed by atoms with Gasteiger partial charge < -0.3 is 10.1 Å². The third-order valence-corrected chi connectivity index (χ3v) is 5.69. The zero-order valence-corrected chi connectivity index (χ0v) is 17.1. The summed E-state index contributed by atoms with van der Waals surface area (Å²) in [5.74, 6) is 0.887. The van der Waals surface area contributed by atoms with Crippen LogP contribution in [0.25, 0.3) is 0 Å². The Morgan fingerprint density at radius 2 is 1.80 bits per heavy atom. The summed E-state index contributed by atoms with van der Waals surface area (Å²) in [7, 11) is 0. The summed E-state index contributed by atoms with van der Waals surface area (Å²) in [5.41, 5.74) is 2.09. The fourth-order valence-corrected chi connectivity index (χ4v) is 4.05. The van der Waals surface area contributed by atoms with Gasteiger partial charge in [0, 0.05) is 38.2 Å². The first-order valence-corrected chi connectivity index (χ1v) is 10.3. The molecule has 0 amide bonds. The van der Waals surface area contributed by atoms with Gasteiger partial charge in [-0.25, -0.2) is 0 Å². The number of ether oxygens (including phenoxy) is 1. The quantitative estimate of drug-likeness (QED) is 0.533. The smallest absolute Gasteiger partial charge is 0.124 e. The zero-order valence-electron chi connectivity index (χ0n) is 14.0. The van der Waals surface area contributed by atoms with Gasteiger partial charge >= 0.3 is 0 Å². The Labute approximate surface area is 168 Å². The van der Waals surface area contributed by atoms with Crippen LogP contribution in [0.3, 0.4) is 0 Å². The molecule has 2 aromatic rings. The predicted octanol–water partition coefficient (Wildman–Crippen LogP) is 6.76. The second kappa shape index (κ2) is 9.27. The van der Waals surface area contributed by atoms with Crippen molar-refractivity contribution in [3.63, 3.8) is 0 Å². The van der Waals surface area contributed by atoms with Gasteiger partial charge in [-0.05, 0) is 43.2 Å². The molecule has 0 aromatic heterocycles. The van der Waals surface area contributed by atoms with Crippen LogP contribution in [-0.2, 0) is 13.2 Å². The molecule has 0 unspecified atom stereocenters. The van der Waals surface area contributed by atoms with Crippen molar-refractivity contribution in [3.05, 3.63) is 62.0 Å². The molecule has 1 aliphatic rings. The predicted molar refractivity (Wildman–Crippen MR) is 109 cm³/mol. The number of nitrogens with one attached hydrogen (secondary N) is 1. The van der Waals surface area contributed by atoms with Crippen molar-refractivity contribution >= 4 is 39.1 Å². The molecule has 5 heteroatoms. The Kier molecular flexibility index (Phi) is 7.06. The van der Waals surface area contributed by atoms with Crippen LogP contribution >= 0.6 is 39.1 Å². The molecule has 0 bridgehead atoms. The van der Waals surface area contributed by atoms with E-state index in [1.165, 1.54) is 32.1 Å². The highest BCUT2D eigenvalue weighted by Crippen LogP contribution is 2.27. The average molecular weight is 443 g/mol. The van der Waals surface area contributed by atoms with E-state index in [2.05, 4.69) is 27.3 Å². The van der Waals surface area contributed by atoms with Crippen molar-refractivity contribution in [2.45, 2.75) is 51.3 Å². The highest BCUT2D eigenvalue weighted by atomic mass is 79.9. The monoisotopic (exact) mass is 441 g/mol. The minimum Gasteiger partial charge on any atom is -0.489 e. The summed E-state index contributed by atoms with van der Waals surface area (Å²) in [6, 6.07) is 12.2. The van der Waals surface area contributed by atoms with Gasteiger partial charge in [0.15, 0.2) is 0 Å². The summed E-state index contributed by atoms with van der Waals surface area (Å²) >= 11 is 15.8. The Hall–Kier alpha value is -0.740. The number of rotatable bonds is 6. The zero-order chi connectivity index (χ0) is 17.6. The van der Waals surface area contributed by atoms with Crippen LogP contribution in [0.4, 0.5) is 0 Å². The third-order valence-electron chi connectivity index (χ3n) is 4.61. The maximum Gasteiger partial charge on any atom is 0.124 e. The van der Waals surface area contributed by atoms with Crippen molar-refractivity contribution < 1.29 is 4.74 Å². The highest BCUT2D eigenvalue weighted by Gasteiger charge is 2.14. The third kappa shape index (κ3) is 5.62. The van der Waals surface area contributed by atoms with Crippen LogP contribution in [0.1, 0.15) is 43.2 Å². The van der Waals surface area contributed by atoms with Gasteiger partial charge in [0.2, 0.25) is 0 Å². The van der Waals surface area contributed by atoms with Gasteiger partial charge in [0.05, 0.1) is 0 Å². The van der Waals surface area contributed by atoms with E-state index in [0.29, 0.717) is 22.7 Å². The first-order chi connectivity index (χ1) is 12.1. The normalized spacial score (nSPS) is 15.3. The molecule has 2 aromatic carbocycles. The molecule has 1 aliphatic carbocycles. The summed E-state index contributed by atoms with van der Waals surface area (Å²) in [6.45, 7) is 1.24. The Bertz CT molecular complexity index is 717. The fraction of sp³-hybridized carbons (Fsp3) is 0.400. The molecular weight excluding hydrogens is 421 g/mol. The van der Waals surface area contributed by atoms with Crippen LogP contribution < -0.4 is 10.1 Å². The van der Waals surface area contributed by atoms with Gasteiger partial charge in [0.25, 0.3) is 0 Å².